The number of carbonyl (C=O) groups excluding carboxylic acids is 1. The fourth-order valence-corrected chi connectivity index (χ4v) is 4.38. The fourth-order valence-electron chi connectivity index (χ4n) is 4.38. The van der Waals surface area contributed by atoms with Crippen LogP contribution in [-0.4, -0.2) is 29.0 Å². The number of hydrogen-bond donors (Lipinski definition) is 1. The number of nitrogens with one attached hydrogen (secondary N) is 1. The van der Waals surface area contributed by atoms with Crippen LogP contribution in [0.25, 0.3) is 11.1 Å². The molecule has 2 unspecified atom stereocenters. The van der Waals surface area contributed by atoms with E-state index in [0.29, 0.717) is 0 Å². The van der Waals surface area contributed by atoms with Crippen LogP contribution in [0.4, 0.5) is 5.95 Å². The highest BCUT2D eigenvalue weighted by Crippen LogP contribution is 2.38. The van der Waals surface area contributed by atoms with E-state index in [1.165, 1.54) is 26.2 Å². The number of anilines is 1. The number of amides is 1. The van der Waals surface area contributed by atoms with E-state index < -0.39 is 0 Å². The highest BCUT2D eigenvalue weighted by Gasteiger charge is 2.36. The number of carbonyl (C=O) groups is 1. The van der Waals surface area contributed by atoms with Crippen LogP contribution in [0.5, 0.6) is 0 Å². The van der Waals surface area contributed by atoms with Gasteiger partial charge in [-0.3, -0.25) is 4.79 Å². The molecule has 3 atom stereocenters. The molecule has 1 amide bonds. The Bertz CT molecular complexity index is 760. The minimum atomic E-state index is -0.0170. The average Bonchev–Trinajstić information content (AvgIpc) is 3.23. The van der Waals surface area contributed by atoms with Crippen molar-refractivity contribution >= 4 is 11.9 Å². The molecule has 1 aromatic carbocycles. The normalized spacial score (nSPS) is 22.9. The van der Waals surface area contributed by atoms with E-state index in [0.717, 1.165) is 47.6 Å². The van der Waals surface area contributed by atoms with Crippen LogP contribution in [0.15, 0.2) is 36.7 Å². The molecule has 1 aromatic heterocycles. The molecular formula is C21H26N4O. The molecule has 1 saturated carbocycles. The average molecular weight is 350 g/mol. The van der Waals surface area contributed by atoms with E-state index in [4.69, 9.17) is 0 Å². The van der Waals surface area contributed by atoms with Gasteiger partial charge in [0.05, 0.1) is 6.04 Å². The van der Waals surface area contributed by atoms with E-state index in [1.807, 2.05) is 31.5 Å². The maximum Gasteiger partial charge on any atom is 0.225 e. The van der Waals surface area contributed by atoms with Gasteiger partial charge in [0.25, 0.3) is 0 Å². The standard InChI is InChI=1S/C21H26N4O/c1-14(24-15(2)26)16-6-8-17(9-7-16)20-10-22-21(23-11-20)25-12-18-4-3-5-19(18)13-25/h6-11,14,18-19H,3-5,12-13H2,1-2H3,(H,24,26)/t14-,18?,19?/m0/s1. The van der Waals surface area contributed by atoms with Gasteiger partial charge in [0.15, 0.2) is 0 Å². The van der Waals surface area contributed by atoms with Gasteiger partial charge in [-0.2, -0.15) is 0 Å². The van der Waals surface area contributed by atoms with Crippen LogP contribution in [0.3, 0.4) is 0 Å². The minimum Gasteiger partial charge on any atom is -0.350 e. The van der Waals surface area contributed by atoms with Gasteiger partial charge in [-0.25, -0.2) is 9.97 Å². The fraction of sp³-hybridized carbons (Fsp3) is 0.476. The second kappa shape index (κ2) is 7.06. The van der Waals surface area contributed by atoms with E-state index >= 15 is 0 Å². The summed E-state index contributed by atoms with van der Waals surface area (Å²) < 4.78 is 0. The topological polar surface area (TPSA) is 58.1 Å². The Morgan fingerprint density at radius 2 is 1.69 bits per heavy atom. The number of hydrogen-bond acceptors (Lipinski definition) is 4. The van der Waals surface area contributed by atoms with Crippen molar-refractivity contribution in [3.63, 3.8) is 0 Å². The molecule has 0 radical (unpaired) electrons. The molecule has 136 valence electrons. The van der Waals surface area contributed by atoms with Crippen LogP contribution in [0.1, 0.15) is 44.7 Å². The summed E-state index contributed by atoms with van der Waals surface area (Å²) in [5.74, 6) is 2.53. The van der Waals surface area contributed by atoms with Gasteiger partial charge in [-0.15, -0.1) is 0 Å². The number of nitrogens with zero attached hydrogens (tertiary/aromatic N) is 3. The van der Waals surface area contributed by atoms with Gasteiger partial charge in [0.1, 0.15) is 0 Å². The predicted molar refractivity (Wildman–Crippen MR) is 103 cm³/mol. The molecule has 5 nitrogen and oxygen atoms in total. The van der Waals surface area contributed by atoms with Crippen molar-refractivity contribution in [2.45, 2.75) is 39.2 Å². The van der Waals surface area contributed by atoms with E-state index in [2.05, 4.69) is 32.3 Å². The van der Waals surface area contributed by atoms with Crippen molar-refractivity contribution in [1.29, 1.82) is 0 Å². The first-order valence-electron chi connectivity index (χ1n) is 9.54. The predicted octanol–water partition coefficient (Wildman–Crippen LogP) is 3.58. The van der Waals surface area contributed by atoms with Crippen molar-refractivity contribution < 1.29 is 4.79 Å². The molecule has 2 heterocycles. The molecule has 1 aliphatic carbocycles. The molecule has 4 rings (SSSR count). The smallest absolute Gasteiger partial charge is 0.225 e. The Kier molecular flexibility index (Phi) is 4.62. The summed E-state index contributed by atoms with van der Waals surface area (Å²) in [5, 5.41) is 2.90. The number of rotatable bonds is 4. The summed E-state index contributed by atoms with van der Waals surface area (Å²) >= 11 is 0. The largest absolute Gasteiger partial charge is 0.350 e. The Morgan fingerprint density at radius 3 is 2.27 bits per heavy atom. The van der Waals surface area contributed by atoms with Gasteiger partial charge in [0, 0.05) is 38.0 Å². The third-order valence-corrected chi connectivity index (χ3v) is 5.81. The molecule has 26 heavy (non-hydrogen) atoms. The van der Waals surface area contributed by atoms with Crippen LogP contribution in [-0.2, 0) is 4.79 Å². The second-order valence-corrected chi connectivity index (χ2v) is 7.67. The van der Waals surface area contributed by atoms with E-state index in [1.54, 1.807) is 0 Å². The first-order chi connectivity index (χ1) is 12.6. The van der Waals surface area contributed by atoms with Gasteiger partial charge >= 0.3 is 0 Å². The summed E-state index contributed by atoms with van der Waals surface area (Å²) in [6.45, 7) is 5.75. The molecule has 2 fully saturated rings. The van der Waals surface area contributed by atoms with Crippen molar-refractivity contribution in [1.82, 2.24) is 15.3 Å². The van der Waals surface area contributed by atoms with Crippen molar-refractivity contribution in [2.24, 2.45) is 11.8 Å². The van der Waals surface area contributed by atoms with Crippen molar-refractivity contribution in [2.75, 3.05) is 18.0 Å². The third kappa shape index (κ3) is 3.43. The molecule has 1 aliphatic heterocycles. The molecule has 1 saturated heterocycles. The quantitative estimate of drug-likeness (QED) is 0.916. The highest BCUT2D eigenvalue weighted by atomic mass is 16.1. The van der Waals surface area contributed by atoms with E-state index in [9.17, 15) is 4.79 Å². The molecule has 5 heteroatoms. The van der Waals surface area contributed by atoms with Crippen LogP contribution < -0.4 is 10.2 Å². The summed E-state index contributed by atoms with van der Waals surface area (Å²) in [4.78, 5) is 22.8. The SMILES string of the molecule is CC(=O)N[C@@H](C)c1ccc(-c2cnc(N3CC4CCCC4C3)nc2)cc1. The zero-order chi connectivity index (χ0) is 18.1. The maximum absolute atomic E-state index is 11.2. The van der Waals surface area contributed by atoms with Gasteiger partial charge < -0.3 is 10.2 Å². The summed E-state index contributed by atoms with van der Waals surface area (Å²) in [6, 6.07) is 8.23. The second-order valence-electron chi connectivity index (χ2n) is 7.67. The maximum atomic E-state index is 11.2. The molecule has 1 N–H and O–H groups in total. The monoisotopic (exact) mass is 350 g/mol. The molecule has 2 aliphatic rings. The van der Waals surface area contributed by atoms with E-state index in [-0.39, 0.29) is 11.9 Å². The lowest BCUT2D eigenvalue weighted by atomic mass is 10.0. The Hall–Kier alpha value is -2.43. The first kappa shape index (κ1) is 17.0. The summed E-state index contributed by atoms with van der Waals surface area (Å²) in [5.41, 5.74) is 3.20. The zero-order valence-electron chi connectivity index (χ0n) is 15.5. The molecular weight excluding hydrogens is 324 g/mol. The lowest BCUT2D eigenvalue weighted by Crippen LogP contribution is -2.23. The summed E-state index contributed by atoms with van der Waals surface area (Å²) in [7, 11) is 0. The highest BCUT2D eigenvalue weighted by molar-refractivity contribution is 5.73. The molecule has 0 spiro atoms. The molecule has 2 aromatic rings. The Morgan fingerprint density at radius 1 is 1.08 bits per heavy atom. The first-order valence-corrected chi connectivity index (χ1v) is 9.54. The third-order valence-electron chi connectivity index (χ3n) is 5.81. The lowest BCUT2D eigenvalue weighted by molar-refractivity contribution is -0.119. The number of benzene rings is 1. The van der Waals surface area contributed by atoms with Gasteiger partial charge in [-0.1, -0.05) is 30.7 Å². The van der Waals surface area contributed by atoms with Crippen LogP contribution in [0.2, 0.25) is 0 Å². The molecule has 0 bridgehead atoms. The van der Waals surface area contributed by atoms with Crippen molar-refractivity contribution in [3.8, 4) is 11.1 Å². The summed E-state index contributed by atoms with van der Waals surface area (Å²) in [6.07, 6.45) is 7.95. The minimum absolute atomic E-state index is 0.00907. The number of fused-ring (bicyclic) bond motifs is 1. The zero-order valence-corrected chi connectivity index (χ0v) is 15.5. The lowest BCUT2D eigenvalue weighted by Gasteiger charge is -2.17. The Balaban J connectivity index is 1.44. The van der Waals surface area contributed by atoms with Crippen molar-refractivity contribution in [3.05, 3.63) is 42.2 Å². The van der Waals surface area contributed by atoms with Crippen LogP contribution >= 0.6 is 0 Å². The van der Waals surface area contributed by atoms with Gasteiger partial charge in [0.2, 0.25) is 11.9 Å². The van der Waals surface area contributed by atoms with Crippen LogP contribution in [0, 0.1) is 11.8 Å². The Labute approximate surface area is 154 Å². The van der Waals surface area contributed by atoms with Gasteiger partial charge in [-0.05, 0) is 42.7 Å². The number of aromatic nitrogens is 2.